The van der Waals surface area contributed by atoms with Gasteiger partial charge in [0.2, 0.25) is 5.88 Å². The number of aromatic nitrogens is 4. The lowest BCUT2D eigenvalue weighted by molar-refractivity contribution is -0.0120. The summed E-state index contributed by atoms with van der Waals surface area (Å²) in [7, 11) is 0. The molecule has 2 aliphatic rings. The molecule has 1 unspecified atom stereocenters. The van der Waals surface area contributed by atoms with Gasteiger partial charge in [-0.3, -0.25) is 10.1 Å². The number of nitrogens with zero attached hydrogens (tertiary/aromatic N) is 4. The average molecular weight is 500 g/mol. The van der Waals surface area contributed by atoms with Crippen LogP contribution >= 0.6 is 15.9 Å². The SMILES string of the molecule is CC(C)(C)OC(=O)N1CCC2(CC2)C(Oc2cncc(-c3n[nH]c4ccc(Br)cc34)n2)C1. The zero-order chi connectivity index (χ0) is 22.5. The number of benzene rings is 1. The summed E-state index contributed by atoms with van der Waals surface area (Å²) in [4.78, 5) is 23.4. The Balaban J connectivity index is 1.37. The Morgan fingerprint density at radius 2 is 2.06 bits per heavy atom. The van der Waals surface area contributed by atoms with Gasteiger partial charge in [0.25, 0.3) is 0 Å². The number of fused-ring (bicyclic) bond motifs is 1. The maximum Gasteiger partial charge on any atom is 0.410 e. The fourth-order valence-electron chi connectivity index (χ4n) is 4.24. The van der Waals surface area contributed by atoms with Crippen molar-refractivity contribution in [3.05, 3.63) is 35.1 Å². The predicted molar refractivity (Wildman–Crippen MR) is 123 cm³/mol. The van der Waals surface area contributed by atoms with Crippen molar-refractivity contribution in [3.8, 4) is 17.3 Å². The highest BCUT2D eigenvalue weighted by Gasteiger charge is 2.54. The second-order valence-corrected chi connectivity index (χ2v) is 10.6. The Hall–Kier alpha value is -2.68. The molecule has 2 fully saturated rings. The molecule has 0 bridgehead atoms. The van der Waals surface area contributed by atoms with Crippen LogP contribution in [0.4, 0.5) is 4.79 Å². The Labute approximate surface area is 194 Å². The van der Waals surface area contributed by atoms with Gasteiger partial charge >= 0.3 is 6.09 Å². The van der Waals surface area contributed by atoms with Crippen LogP contribution in [0.2, 0.25) is 0 Å². The average Bonchev–Trinajstić information content (AvgIpc) is 3.38. The van der Waals surface area contributed by atoms with Crippen LogP contribution in [-0.4, -0.2) is 56.0 Å². The maximum atomic E-state index is 12.6. The van der Waals surface area contributed by atoms with Crippen molar-refractivity contribution in [2.24, 2.45) is 5.41 Å². The first kappa shape index (κ1) is 21.2. The van der Waals surface area contributed by atoms with E-state index in [1.165, 1.54) is 0 Å². The molecule has 1 amide bonds. The van der Waals surface area contributed by atoms with Crippen LogP contribution in [0, 0.1) is 5.41 Å². The van der Waals surface area contributed by atoms with Crippen molar-refractivity contribution < 1.29 is 14.3 Å². The Morgan fingerprint density at radius 3 is 2.81 bits per heavy atom. The van der Waals surface area contributed by atoms with E-state index in [2.05, 4.69) is 31.1 Å². The van der Waals surface area contributed by atoms with Gasteiger partial charge in [-0.15, -0.1) is 0 Å². The van der Waals surface area contributed by atoms with Gasteiger partial charge in [-0.1, -0.05) is 15.9 Å². The van der Waals surface area contributed by atoms with Crippen LogP contribution in [0.25, 0.3) is 22.3 Å². The number of rotatable bonds is 3. The number of halogens is 1. The number of aromatic amines is 1. The van der Waals surface area contributed by atoms with Gasteiger partial charge in [0.15, 0.2) is 0 Å². The van der Waals surface area contributed by atoms with Crippen molar-refractivity contribution >= 4 is 32.9 Å². The molecule has 5 rings (SSSR count). The molecule has 1 aliphatic carbocycles. The van der Waals surface area contributed by atoms with E-state index in [1.54, 1.807) is 17.3 Å². The largest absolute Gasteiger partial charge is 0.471 e. The first-order valence-electron chi connectivity index (χ1n) is 10.8. The number of hydrogen-bond donors (Lipinski definition) is 1. The number of piperidine rings is 1. The normalized spacial score (nSPS) is 19.9. The first-order chi connectivity index (χ1) is 15.2. The molecule has 1 aliphatic heterocycles. The fourth-order valence-corrected chi connectivity index (χ4v) is 4.60. The summed E-state index contributed by atoms with van der Waals surface area (Å²) < 4.78 is 12.9. The third-order valence-electron chi connectivity index (χ3n) is 6.14. The number of H-pyrrole nitrogens is 1. The Bertz CT molecular complexity index is 1170. The van der Waals surface area contributed by atoms with Crippen molar-refractivity contribution in [1.29, 1.82) is 0 Å². The third kappa shape index (κ3) is 4.18. The molecule has 1 spiro atoms. The van der Waals surface area contributed by atoms with Crippen LogP contribution in [-0.2, 0) is 4.74 Å². The molecule has 32 heavy (non-hydrogen) atoms. The molecule has 3 heterocycles. The van der Waals surface area contributed by atoms with Crippen molar-refractivity contribution in [3.63, 3.8) is 0 Å². The number of amides is 1. The topological polar surface area (TPSA) is 93.2 Å². The summed E-state index contributed by atoms with van der Waals surface area (Å²) >= 11 is 3.51. The molecular weight excluding hydrogens is 474 g/mol. The molecule has 8 nitrogen and oxygen atoms in total. The summed E-state index contributed by atoms with van der Waals surface area (Å²) in [6, 6.07) is 5.93. The maximum absolute atomic E-state index is 12.6. The van der Waals surface area contributed by atoms with E-state index in [-0.39, 0.29) is 17.6 Å². The molecule has 168 valence electrons. The minimum absolute atomic E-state index is 0.111. The molecule has 2 aromatic heterocycles. The summed E-state index contributed by atoms with van der Waals surface area (Å²) in [5.41, 5.74) is 1.87. The van der Waals surface area contributed by atoms with E-state index in [1.807, 2.05) is 39.0 Å². The quantitative estimate of drug-likeness (QED) is 0.547. The minimum Gasteiger partial charge on any atom is -0.471 e. The molecule has 1 aromatic carbocycles. The number of carbonyl (C=O) groups is 1. The summed E-state index contributed by atoms with van der Waals surface area (Å²) in [5.74, 6) is 0.441. The van der Waals surface area contributed by atoms with Crippen molar-refractivity contribution in [1.82, 2.24) is 25.1 Å². The fraction of sp³-hybridized carbons (Fsp3) is 0.478. The second-order valence-electron chi connectivity index (χ2n) is 9.65. The smallest absolute Gasteiger partial charge is 0.410 e. The number of hydrogen-bond acceptors (Lipinski definition) is 6. The van der Waals surface area contributed by atoms with E-state index in [9.17, 15) is 4.79 Å². The molecule has 3 aromatic rings. The van der Waals surface area contributed by atoms with E-state index in [0.717, 1.165) is 40.3 Å². The molecule has 1 atom stereocenters. The summed E-state index contributed by atoms with van der Waals surface area (Å²) in [6.45, 7) is 6.81. The Morgan fingerprint density at radius 1 is 1.25 bits per heavy atom. The minimum atomic E-state index is -0.525. The van der Waals surface area contributed by atoms with Gasteiger partial charge in [-0.05, 0) is 58.2 Å². The first-order valence-corrected chi connectivity index (χ1v) is 11.6. The zero-order valence-electron chi connectivity index (χ0n) is 18.4. The van der Waals surface area contributed by atoms with Gasteiger partial charge in [-0.25, -0.2) is 9.78 Å². The van der Waals surface area contributed by atoms with Crippen LogP contribution in [0.15, 0.2) is 35.1 Å². The number of carbonyl (C=O) groups excluding carboxylic acids is 1. The van der Waals surface area contributed by atoms with Crippen molar-refractivity contribution in [2.75, 3.05) is 13.1 Å². The molecular formula is C23H26BrN5O3. The second kappa shape index (κ2) is 7.72. The van der Waals surface area contributed by atoms with Gasteiger partial charge in [0.1, 0.15) is 23.1 Å². The lowest BCUT2D eigenvalue weighted by Crippen LogP contribution is -2.51. The van der Waals surface area contributed by atoms with Crippen LogP contribution in [0.3, 0.4) is 0 Å². The number of nitrogens with one attached hydrogen (secondary N) is 1. The van der Waals surface area contributed by atoms with Crippen LogP contribution < -0.4 is 4.74 Å². The van der Waals surface area contributed by atoms with Gasteiger partial charge < -0.3 is 14.4 Å². The number of ether oxygens (including phenoxy) is 2. The van der Waals surface area contributed by atoms with E-state index < -0.39 is 5.60 Å². The highest BCUT2D eigenvalue weighted by molar-refractivity contribution is 9.10. The van der Waals surface area contributed by atoms with E-state index >= 15 is 0 Å². The van der Waals surface area contributed by atoms with Crippen LogP contribution in [0.1, 0.15) is 40.0 Å². The Kier molecular flexibility index (Phi) is 5.11. The number of likely N-dealkylation sites (tertiary alicyclic amines) is 1. The molecule has 1 N–H and O–H groups in total. The highest BCUT2D eigenvalue weighted by Crippen LogP contribution is 2.54. The van der Waals surface area contributed by atoms with Crippen molar-refractivity contribution in [2.45, 2.75) is 51.7 Å². The highest BCUT2D eigenvalue weighted by atomic mass is 79.9. The summed E-state index contributed by atoms with van der Waals surface area (Å²) in [6.07, 6.45) is 5.98. The van der Waals surface area contributed by atoms with Gasteiger partial charge in [0.05, 0.1) is 24.5 Å². The molecule has 0 radical (unpaired) electrons. The van der Waals surface area contributed by atoms with Crippen LogP contribution in [0.5, 0.6) is 5.88 Å². The monoisotopic (exact) mass is 499 g/mol. The third-order valence-corrected chi connectivity index (χ3v) is 6.63. The molecule has 1 saturated heterocycles. The van der Waals surface area contributed by atoms with E-state index in [0.29, 0.717) is 24.7 Å². The van der Waals surface area contributed by atoms with Gasteiger partial charge in [0, 0.05) is 21.8 Å². The predicted octanol–water partition coefficient (Wildman–Crippen LogP) is 4.95. The zero-order valence-corrected chi connectivity index (χ0v) is 20.0. The molecule has 1 saturated carbocycles. The summed E-state index contributed by atoms with van der Waals surface area (Å²) in [5, 5.41) is 8.43. The molecule has 9 heteroatoms. The van der Waals surface area contributed by atoms with Gasteiger partial charge in [-0.2, -0.15) is 5.10 Å². The lowest BCUT2D eigenvalue weighted by Gasteiger charge is -2.39. The standard InChI is InChI=1S/C23H26BrN5O3/c1-22(2,3)32-21(30)29-9-8-23(6-7-23)18(13-29)31-19-12-25-11-17(26-19)20-15-10-14(24)4-5-16(15)27-28-20/h4-5,10-12,18H,6-9,13H2,1-3H3,(H,27,28). The van der Waals surface area contributed by atoms with E-state index in [4.69, 9.17) is 14.5 Å². The lowest BCUT2D eigenvalue weighted by atomic mass is 9.90.